The summed E-state index contributed by atoms with van der Waals surface area (Å²) in [5, 5.41) is 0. The number of aryl methyl sites for hydroxylation is 1. The minimum Gasteiger partial charge on any atom is -0.340 e. The number of hydrogen-bond acceptors (Lipinski definition) is 3. The molecule has 3 rings (SSSR count). The number of halogens is 1. The molecule has 1 fully saturated rings. The van der Waals surface area contributed by atoms with Gasteiger partial charge in [-0.3, -0.25) is 4.79 Å². The molecule has 1 heterocycles. The zero-order chi connectivity index (χ0) is 19.3. The highest BCUT2D eigenvalue weighted by Gasteiger charge is 2.28. The van der Waals surface area contributed by atoms with Crippen LogP contribution in [0.15, 0.2) is 54.6 Å². The molecule has 0 N–H and O–H groups in total. The van der Waals surface area contributed by atoms with Gasteiger partial charge in [0.1, 0.15) is 5.82 Å². The van der Waals surface area contributed by atoms with Gasteiger partial charge in [-0.25, -0.2) is 12.8 Å². The SMILES string of the molecule is O=C(CCc1ccccc1)N1CCN(S(=O)(=O)Cc2ccc(F)cc2)CC1. The van der Waals surface area contributed by atoms with Crippen molar-refractivity contribution in [3.8, 4) is 0 Å². The van der Waals surface area contributed by atoms with Crippen LogP contribution in [0.3, 0.4) is 0 Å². The van der Waals surface area contributed by atoms with E-state index in [0.29, 0.717) is 44.6 Å². The number of carbonyl (C=O) groups is 1. The van der Waals surface area contributed by atoms with Gasteiger partial charge in [0.2, 0.25) is 15.9 Å². The summed E-state index contributed by atoms with van der Waals surface area (Å²) in [6.07, 6.45) is 1.11. The van der Waals surface area contributed by atoms with Crippen LogP contribution in [0.1, 0.15) is 17.5 Å². The zero-order valence-corrected chi connectivity index (χ0v) is 15.9. The molecule has 1 aliphatic heterocycles. The fourth-order valence-electron chi connectivity index (χ4n) is 3.15. The summed E-state index contributed by atoms with van der Waals surface area (Å²) in [6, 6.07) is 15.3. The van der Waals surface area contributed by atoms with Crippen molar-refractivity contribution in [1.82, 2.24) is 9.21 Å². The lowest BCUT2D eigenvalue weighted by Gasteiger charge is -2.34. The average Bonchev–Trinajstić information content (AvgIpc) is 2.69. The number of nitrogens with zero attached hydrogens (tertiary/aromatic N) is 2. The van der Waals surface area contributed by atoms with Crippen LogP contribution >= 0.6 is 0 Å². The van der Waals surface area contributed by atoms with Gasteiger partial charge in [0, 0.05) is 32.6 Å². The van der Waals surface area contributed by atoms with E-state index in [1.165, 1.54) is 28.6 Å². The van der Waals surface area contributed by atoms with E-state index in [4.69, 9.17) is 0 Å². The van der Waals surface area contributed by atoms with Crippen LogP contribution in [0.5, 0.6) is 0 Å². The number of rotatable bonds is 6. The largest absolute Gasteiger partial charge is 0.340 e. The maximum Gasteiger partial charge on any atom is 0.222 e. The Morgan fingerprint density at radius 1 is 0.889 bits per heavy atom. The molecule has 0 spiro atoms. The molecular formula is C20H23FN2O3S. The molecule has 1 saturated heterocycles. The molecule has 0 bridgehead atoms. The quantitative estimate of drug-likeness (QED) is 0.761. The summed E-state index contributed by atoms with van der Waals surface area (Å²) in [5.74, 6) is -0.497. The summed E-state index contributed by atoms with van der Waals surface area (Å²) < 4.78 is 39.5. The monoisotopic (exact) mass is 390 g/mol. The summed E-state index contributed by atoms with van der Waals surface area (Å²) in [4.78, 5) is 14.1. The summed E-state index contributed by atoms with van der Waals surface area (Å²) in [6.45, 7) is 1.38. The maximum absolute atomic E-state index is 13.0. The highest BCUT2D eigenvalue weighted by atomic mass is 32.2. The molecule has 7 heteroatoms. The number of sulfonamides is 1. The van der Waals surface area contributed by atoms with E-state index >= 15 is 0 Å². The highest BCUT2D eigenvalue weighted by Crippen LogP contribution is 2.15. The molecular weight excluding hydrogens is 367 g/mol. The van der Waals surface area contributed by atoms with Gasteiger partial charge in [-0.2, -0.15) is 4.31 Å². The van der Waals surface area contributed by atoms with Crippen molar-refractivity contribution in [2.75, 3.05) is 26.2 Å². The second kappa shape index (κ2) is 8.63. The smallest absolute Gasteiger partial charge is 0.222 e. The number of amides is 1. The van der Waals surface area contributed by atoms with Gasteiger partial charge < -0.3 is 4.90 Å². The lowest BCUT2D eigenvalue weighted by atomic mass is 10.1. The van der Waals surface area contributed by atoms with Crippen LogP contribution in [-0.4, -0.2) is 49.7 Å². The Kier molecular flexibility index (Phi) is 6.23. The fraction of sp³-hybridized carbons (Fsp3) is 0.350. The van der Waals surface area contributed by atoms with Gasteiger partial charge in [0.25, 0.3) is 0 Å². The van der Waals surface area contributed by atoms with Crippen molar-refractivity contribution in [3.05, 3.63) is 71.5 Å². The van der Waals surface area contributed by atoms with E-state index in [0.717, 1.165) is 5.56 Å². The van der Waals surface area contributed by atoms with E-state index in [1.54, 1.807) is 4.90 Å². The second-order valence-electron chi connectivity index (χ2n) is 6.65. The molecule has 2 aromatic rings. The van der Waals surface area contributed by atoms with Gasteiger partial charge in [0.05, 0.1) is 5.75 Å². The van der Waals surface area contributed by atoms with Crippen LogP contribution in [-0.2, 0) is 27.0 Å². The third-order valence-corrected chi connectivity index (χ3v) is 6.57. The van der Waals surface area contributed by atoms with Crippen molar-refractivity contribution < 1.29 is 17.6 Å². The zero-order valence-electron chi connectivity index (χ0n) is 15.1. The van der Waals surface area contributed by atoms with Gasteiger partial charge >= 0.3 is 0 Å². The van der Waals surface area contributed by atoms with E-state index in [9.17, 15) is 17.6 Å². The maximum atomic E-state index is 13.0. The summed E-state index contributed by atoms with van der Waals surface area (Å²) in [7, 11) is -3.48. The number of hydrogen-bond donors (Lipinski definition) is 0. The van der Waals surface area contributed by atoms with Crippen molar-refractivity contribution in [1.29, 1.82) is 0 Å². The number of benzene rings is 2. The third-order valence-electron chi connectivity index (χ3n) is 4.72. The summed E-state index contributed by atoms with van der Waals surface area (Å²) in [5.41, 5.74) is 1.67. The van der Waals surface area contributed by atoms with E-state index in [2.05, 4.69) is 0 Å². The lowest BCUT2D eigenvalue weighted by Crippen LogP contribution is -2.50. The van der Waals surface area contributed by atoms with Gasteiger partial charge in [0.15, 0.2) is 0 Å². The van der Waals surface area contributed by atoms with E-state index in [-0.39, 0.29) is 11.7 Å². The highest BCUT2D eigenvalue weighted by molar-refractivity contribution is 7.88. The molecule has 1 aliphatic rings. The molecule has 0 radical (unpaired) electrons. The number of carbonyl (C=O) groups excluding carboxylic acids is 1. The molecule has 0 aromatic heterocycles. The first kappa shape index (κ1) is 19.5. The molecule has 0 aliphatic carbocycles. The topological polar surface area (TPSA) is 57.7 Å². The Morgan fingerprint density at radius 2 is 1.52 bits per heavy atom. The van der Waals surface area contributed by atoms with Crippen LogP contribution in [0.25, 0.3) is 0 Å². The van der Waals surface area contributed by atoms with Crippen LogP contribution in [0.4, 0.5) is 4.39 Å². The van der Waals surface area contributed by atoms with Crippen molar-refractivity contribution in [3.63, 3.8) is 0 Å². The van der Waals surface area contributed by atoms with Crippen LogP contribution in [0, 0.1) is 5.82 Å². The van der Waals surface area contributed by atoms with E-state index in [1.807, 2.05) is 30.3 Å². The molecule has 27 heavy (non-hydrogen) atoms. The normalized spacial score (nSPS) is 15.7. The molecule has 0 atom stereocenters. The van der Waals surface area contributed by atoms with Gasteiger partial charge in [-0.1, -0.05) is 42.5 Å². The predicted octanol–water partition coefficient (Wildman–Crippen LogP) is 2.43. The van der Waals surface area contributed by atoms with Gasteiger partial charge in [-0.05, 0) is 29.7 Å². The second-order valence-corrected chi connectivity index (χ2v) is 8.62. The molecule has 0 unspecified atom stereocenters. The lowest BCUT2D eigenvalue weighted by molar-refractivity contribution is -0.132. The first-order chi connectivity index (χ1) is 12.9. The minimum absolute atomic E-state index is 0.0504. The minimum atomic E-state index is -3.48. The molecule has 5 nitrogen and oxygen atoms in total. The van der Waals surface area contributed by atoms with Crippen molar-refractivity contribution in [2.45, 2.75) is 18.6 Å². The average molecular weight is 390 g/mol. The molecule has 0 saturated carbocycles. The fourth-order valence-corrected chi connectivity index (χ4v) is 4.67. The van der Waals surface area contributed by atoms with Crippen molar-refractivity contribution >= 4 is 15.9 Å². The number of piperazine rings is 1. The van der Waals surface area contributed by atoms with Crippen LogP contribution < -0.4 is 0 Å². The third kappa shape index (κ3) is 5.37. The Bertz CT molecular complexity index is 862. The Hall–Kier alpha value is -2.25. The molecule has 2 aromatic carbocycles. The first-order valence-electron chi connectivity index (χ1n) is 8.98. The van der Waals surface area contributed by atoms with Crippen molar-refractivity contribution in [2.24, 2.45) is 0 Å². The standard InChI is InChI=1S/C20H23FN2O3S/c21-19-9-6-18(7-10-19)16-27(25,26)23-14-12-22(13-15-23)20(24)11-8-17-4-2-1-3-5-17/h1-7,9-10H,8,11-16H2. The summed E-state index contributed by atoms with van der Waals surface area (Å²) >= 11 is 0. The predicted molar refractivity (Wildman–Crippen MR) is 102 cm³/mol. The van der Waals surface area contributed by atoms with Crippen LogP contribution in [0.2, 0.25) is 0 Å². The molecule has 1 amide bonds. The Balaban J connectivity index is 1.50. The Morgan fingerprint density at radius 3 is 2.15 bits per heavy atom. The van der Waals surface area contributed by atoms with Gasteiger partial charge in [-0.15, -0.1) is 0 Å². The molecule has 144 valence electrons. The Labute approximate surface area is 159 Å². The van der Waals surface area contributed by atoms with E-state index < -0.39 is 15.8 Å². The first-order valence-corrected chi connectivity index (χ1v) is 10.6.